The van der Waals surface area contributed by atoms with Crippen molar-refractivity contribution in [2.24, 2.45) is 11.7 Å². The van der Waals surface area contributed by atoms with Crippen molar-refractivity contribution in [2.75, 3.05) is 18.0 Å². The van der Waals surface area contributed by atoms with Crippen LogP contribution in [0.15, 0.2) is 6.20 Å². The number of nitrogens with zero attached hydrogens (tertiary/aromatic N) is 3. The predicted octanol–water partition coefficient (Wildman–Crippen LogP) is 2.56. The third-order valence-corrected chi connectivity index (χ3v) is 4.20. The lowest BCUT2D eigenvalue weighted by Gasteiger charge is -2.38. The lowest BCUT2D eigenvalue weighted by molar-refractivity contribution is 0.366. The number of aromatic nitrogens is 2. The standard InChI is InChI=1S/C15H28N4/c1-4-5-8-18-10-12(2)17-15(18)19-11-14(9-16)7-6-13(19)3/h10,13-14H,4-9,11,16H2,1-3H3. The molecule has 2 N–H and O–H groups in total. The minimum atomic E-state index is 0.574. The van der Waals surface area contributed by atoms with Crippen LogP contribution in [0, 0.1) is 12.8 Å². The topological polar surface area (TPSA) is 47.1 Å². The summed E-state index contributed by atoms with van der Waals surface area (Å²) in [7, 11) is 0. The first-order valence-corrected chi connectivity index (χ1v) is 7.66. The Labute approximate surface area is 117 Å². The first-order chi connectivity index (χ1) is 9.15. The number of piperidine rings is 1. The molecule has 0 aromatic carbocycles. The van der Waals surface area contributed by atoms with Gasteiger partial charge in [0.25, 0.3) is 0 Å². The van der Waals surface area contributed by atoms with Crippen molar-refractivity contribution < 1.29 is 0 Å². The largest absolute Gasteiger partial charge is 0.339 e. The second-order valence-corrected chi connectivity index (χ2v) is 5.91. The molecule has 0 bridgehead atoms. The van der Waals surface area contributed by atoms with Crippen molar-refractivity contribution in [1.29, 1.82) is 0 Å². The first-order valence-electron chi connectivity index (χ1n) is 7.66. The van der Waals surface area contributed by atoms with E-state index in [1.165, 1.54) is 25.7 Å². The number of unbranched alkanes of at least 4 members (excludes halogenated alkanes) is 1. The van der Waals surface area contributed by atoms with Crippen molar-refractivity contribution in [2.45, 2.75) is 59.0 Å². The number of imidazole rings is 1. The van der Waals surface area contributed by atoms with E-state index in [0.29, 0.717) is 12.0 Å². The van der Waals surface area contributed by atoms with Crippen molar-refractivity contribution in [3.05, 3.63) is 11.9 Å². The number of nitrogens with two attached hydrogens (primary N) is 1. The SMILES string of the molecule is CCCCn1cc(C)nc1N1CC(CN)CCC1C. The first kappa shape index (κ1) is 14.4. The van der Waals surface area contributed by atoms with Crippen molar-refractivity contribution in [3.8, 4) is 0 Å². The Hall–Kier alpha value is -1.03. The smallest absolute Gasteiger partial charge is 0.205 e. The van der Waals surface area contributed by atoms with Crippen molar-refractivity contribution in [1.82, 2.24) is 9.55 Å². The lowest BCUT2D eigenvalue weighted by Crippen LogP contribution is -2.45. The van der Waals surface area contributed by atoms with Gasteiger partial charge in [-0.15, -0.1) is 0 Å². The fourth-order valence-corrected chi connectivity index (χ4v) is 2.91. The fourth-order valence-electron chi connectivity index (χ4n) is 2.91. The molecule has 2 unspecified atom stereocenters. The van der Waals surface area contributed by atoms with E-state index >= 15 is 0 Å². The maximum absolute atomic E-state index is 5.86. The van der Waals surface area contributed by atoms with E-state index in [2.05, 4.69) is 36.4 Å². The Morgan fingerprint density at radius 2 is 2.21 bits per heavy atom. The lowest BCUT2D eigenvalue weighted by atomic mass is 9.94. The van der Waals surface area contributed by atoms with Crippen LogP contribution in [-0.4, -0.2) is 28.7 Å². The van der Waals surface area contributed by atoms with Gasteiger partial charge in [0.15, 0.2) is 0 Å². The summed E-state index contributed by atoms with van der Waals surface area (Å²) in [5, 5.41) is 0. The molecule has 1 aromatic heterocycles. The van der Waals surface area contributed by atoms with Gasteiger partial charge in [0.2, 0.25) is 5.95 Å². The second kappa shape index (κ2) is 6.42. The predicted molar refractivity (Wildman–Crippen MR) is 80.5 cm³/mol. The summed E-state index contributed by atoms with van der Waals surface area (Å²) in [6, 6.07) is 0.574. The second-order valence-electron chi connectivity index (χ2n) is 5.91. The molecule has 0 saturated carbocycles. The molecule has 4 heteroatoms. The van der Waals surface area contributed by atoms with Gasteiger partial charge in [0.1, 0.15) is 0 Å². The van der Waals surface area contributed by atoms with Crippen LogP contribution in [-0.2, 0) is 6.54 Å². The van der Waals surface area contributed by atoms with Crippen LogP contribution >= 0.6 is 0 Å². The highest BCUT2D eigenvalue weighted by Crippen LogP contribution is 2.27. The molecule has 0 aliphatic carbocycles. The normalized spacial score (nSPS) is 23.9. The average Bonchev–Trinajstić information content (AvgIpc) is 2.78. The summed E-state index contributed by atoms with van der Waals surface area (Å²) in [5.41, 5.74) is 6.98. The molecule has 2 rings (SSSR count). The Morgan fingerprint density at radius 1 is 1.42 bits per heavy atom. The molecule has 2 heterocycles. The summed E-state index contributed by atoms with van der Waals surface area (Å²) < 4.78 is 2.33. The molecule has 2 atom stereocenters. The molecule has 1 saturated heterocycles. The third kappa shape index (κ3) is 3.30. The zero-order valence-corrected chi connectivity index (χ0v) is 12.6. The summed E-state index contributed by atoms with van der Waals surface area (Å²) in [6.45, 7) is 9.54. The van der Waals surface area contributed by atoms with Crippen LogP contribution in [0.4, 0.5) is 5.95 Å². The summed E-state index contributed by atoms with van der Waals surface area (Å²) >= 11 is 0. The number of hydrogen-bond acceptors (Lipinski definition) is 3. The average molecular weight is 264 g/mol. The van der Waals surface area contributed by atoms with E-state index in [1.54, 1.807) is 0 Å². The monoisotopic (exact) mass is 264 g/mol. The quantitative estimate of drug-likeness (QED) is 0.889. The number of aryl methyl sites for hydroxylation is 2. The molecule has 1 fully saturated rings. The van der Waals surface area contributed by atoms with Gasteiger partial charge in [-0.25, -0.2) is 4.98 Å². The van der Waals surface area contributed by atoms with Crippen molar-refractivity contribution in [3.63, 3.8) is 0 Å². The Balaban J connectivity index is 2.18. The zero-order chi connectivity index (χ0) is 13.8. The van der Waals surface area contributed by atoms with E-state index in [-0.39, 0.29) is 0 Å². The Bertz CT molecular complexity index is 399. The Morgan fingerprint density at radius 3 is 2.89 bits per heavy atom. The highest BCUT2D eigenvalue weighted by molar-refractivity contribution is 5.36. The third-order valence-electron chi connectivity index (χ3n) is 4.20. The molecule has 4 nitrogen and oxygen atoms in total. The number of anilines is 1. The summed E-state index contributed by atoms with van der Waals surface area (Å²) in [4.78, 5) is 7.22. The van der Waals surface area contributed by atoms with Crippen LogP contribution in [0.3, 0.4) is 0 Å². The highest BCUT2D eigenvalue weighted by Gasteiger charge is 2.27. The van der Waals surface area contributed by atoms with Gasteiger partial charge in [-0.05, 0) is 45.6 Å². The molecule has 1 aliphatic rings. The fraction of sp³-hybridized carbons (Fsp3) is 0.800. The van der Waals surface area contributed by atoms with E-state index in [1.807, 2.05) is 0 Å². The van der Waals surface area contributed by atoms with Crippen molar-refractivity contribution >= 4 is 5.95 Å². The van der Waals surface area contributed by atoms with Gasteiger partial charge >= 0.3 is 0 Å². The van der Waals surface area contributed by atoms with Gasteiger partial charge in [-0.1, -0.05) is 13.3 Å². The molecule has 0 spiro atoms. The van der Waals surface area contributed by atoms with E-state index < -0.39 is 0 Å². The maximum atomic E-state index is 5.86. The zero-order valence-electron chi connectivity index (χ0n) is 12.6. The van der Waals surface area contributed by atoms with Crippen LogP contribution < -0.4 is 10.6 Å². The molecule has 1 aliphatic heterocycles. The molecule has 1 aromatic rings. The number of hydrogen-bond donors (Lipinski definition) is 1. The minimum absolute atomic E-state index is 0.574. The van der Waals surface area contributed by atoms with Crippen LogP contribution in [0.25, 0.3) is 0 Å². The van der Waals surface area contributed by atoms with Gasteiger partial charge in [-0.2, -0.15) is 0 Å². The van der Waals surface area contributed by atoms with Gasteiger partial charge in [-0.3, -0.25) is 0 Å². The van der Waals surface area contributed by atoms with Crippen LogP contribution in [0.5, 0.6) is 0 Å². The van der Waals surface area contributed by atoms with Gasteiger partial charge in [0, 0.05) is 25.3 Å². The molecule has 0 amide bonds. The number of rotatable bonds is 5. The van der Waals surface area contributed by atoms with E-state index in [4.69, 9.17) is 10.7 Å². The van der Waals surface area contributed by atoms with Crippen LogP contribution in [0.2, 0.25) is 0 Å². The van der Waals surface area contributed by atoms with E-state index in [9.17, 15) is 0 Å². The van der Waals surface area contributed by atoms with E-state index in [0.717, 1.165) is 31.3 Å². The molecule has 19 heavy (non-hydrogen) atoms. The minimum Gasteiger partial charge on any atom is -0.339 e. The van der Waals surface area contributed by atoms with Gasteiger partial charge < -0.3 is 15.2 Å². The van der Waals surface area contributed by atoms with Crippen LogP contribution in [0.1, 0.15) is 45.2 Å². The molecule has 108 valence electrons. The molecular formula is C15H28N4. The van der Waals surface area contributed by atoms with Gasteiger partial charge in [0.05, 0.1) is 5.69 Å². The summed E-state index contributed by atoms with van der Waals surface area (Å²) in [6.07, 6.45) is 7.09. The molecular weight excluding hydrogens is 236 g/mol. The Kier molecular flexibility index (Phi) is 4.86. The highest BCUT2D eigenvalue weighted by atomic mass is 15.3. The molecule has 0 radical (unpaired) electrons. The summed E-state index contributed by atoms with van der Waals surface area (Å²) in [5.74, 6) is 1.77. The maximum Gasteiger partial charge on any atom is 0.205 e.